The summed E-state index contributed by atoms with van der Waals surface area (Å²) in [5.74, 6) is 0.691. The molecule has 0 aliphatic rings. The molecule has 0 bridgehead atoms. The number of aliphatic imine (C=N–C) groups is 1. The SMILES string of the molecule is CC[C@H](C)c1ccc(N=Cc2ccc(OCC(N)=O)cc2)cc1. The molecular weight excluding hydrogens is 288 g/mol. The molecule has 120 valence electrons. The summed E-state index contributed by atoms with van der Waals surface area (Å²) >= 11 is 0. The molecule has 0 heterocycles. The second kappa shape index (κ2) is 8.13. The standard InChI is InChI=1S/C19H22N2O2/c1-3-14(2)16-6-8-17(9-7-16)21-12-15-4-10-18(11-5-15)23-13-19(20)22/h4-12,14H,3,13H2,1-2H3,(H2,20,22)/t14-/m0/s1. The van der Waals surface area contributed by atoms with Gasteiger partial charge in [-0.3, -0.25) is 9.79 Å². The Balaban J connectivity index is 1.98. The maximum Gasteiger partial charge on any atom is 0.255 e. The molecule has 0 fully saturated rings. The summed E-state index contributed by atoms with van der Waals surface area (Å²) in [6.07, 6.45) is 2.93. The highest BCUT2D eigenvalue weighted by molar-refractivity contribution is 5.82. The summed E-state index contributed by atoms with van der Waals surface area (Å²) in [6, 6.07) is 15.7. The molecule has 0 aromatic heterocycles. The van der Waals surface area contributed by atoms with E-state index in [4.69, 9.17) is 10.5 Å². The normalized spacial score (nSPS) is 12.3. The number of rotatable bonds is 7. The number of carbonyl (C=O) groups is 1. The van der Waals surface area contributed by atoms with Crippen LogP contribution in [0.4, 0.5) is 5.69 Å². The van der Waals surface area contributed by atoms with Gasteiger partial charge >= 0.3 is 0 Å². The van der Waals surface area contributed by atoms with E-state index in [0.29, 0.717) is 11.7 Å². The lowest BCUT2D eigenvalue weighted by molar-refractivity contribution is -0.119. The number of benzene rings is 2. The summed E-state index contributed by atoms with van der Waals surface area (Å²) < 4.78 is 5.21. The smallest absolute Gasteiger partial charge is 0.255 e. The molecule has 2 aromatic carbocycles. The van der Waals surface area contributed by atoms with Crippen molar-refractivity contribution in [2.45, 2.75) is 26.2 Å². The van der Waals surface area contributed by atoms with Gasteiger partial charge in [0.2, 0.25) is 0 Å². The first kappa shape index (κ1) is 16.7. The Morgan fingerprint density at radius 3 is 2.39 bits per heavy atom. The number of ether oxygens (including phenoxy) is 1. The van der Waals surface area contributed by atoms with Crippen LogP contribution in [0.5, 0.6) is 5.75 Å². The monoisotopic (exact) mass is 310 g/mol. The van der Waals surface area contributed by atoms with Crippen LogP contribution >= 0.6 is 0 Å². The zero-order chi connectivity index (χ0) is 16.7. The van der Waals surface area contributed by atoms with Crippen molar-refractivity contribution in [2.75, 3.05) is 6.61 Å². The maximum absolute atomic E-state index is 10.7. The molecule has 4 nitrogen and oxygen atoms in total. The minimum Gasteiger partial charge on any atom is -0.484 e. The Labute approximate surface area is 137 Å². The third-order valence-electron chi connectivity index (χ3n) is 3.70. The minimum absolute atomic E-state index is 0.115. The molecule has 1 atom stereocenters. The van der Waals surface area contributed by atoms with Crippen LogP contribution in [-0.2, 0) is 4.79 Å². The molecule has 4 heteroatoms. The molecule has 0 spiro atoms. The number of amides is 1. The third-order valence-corrected chi connectivity index (χ3v) is 3.70. The number of nitrogens with zero attached hydrogens (tertiary/aromatic N) is 1. The molecule has 1 amide bonds. The van der Waals surface area contributed by atoms with Gasteiger partial charge in [0.1, 0.15) is 5.75 Å². The van der Waals surface area contributed by atoms with E-state index in [9.17, 15) is 4.79 Å². The number of carbonyl (C=O) groups excluding carboxylic acids is 1. The van der Waals surface area contributed by atoms with E-state index in [0.717, 1.165) is 17.7 Å². The quantitative estimate of drug-likeness (QED) is 0.790. The van der Waals surface area contributed by atoms with Gasteiger partial charge in [-0.25, -0.2) is 0 Å². The van der Waals surface area contributed by atoms with Gasteiger partial charge in [0.15, 0.2) is 6.61 Å². The Morgan fingerprint density at radius 1 is 1.17 bits per heavy atom. The lowest BCUT2D eigenvalue weighted by Gasteiger charge is -2.08. The first-order chi connectivity index (χ1) is 11.1. The summed E-state index contributed by atoms with van der Waals surface area (Å²) in [4.78, 5) is 15.1. The van der Waals surface area contributed by atoms with Crippen LogP contribution in [0, 0.1) is 0 Å². The summed E-state index contributed by atoms with van der Waals surface area (Å²) in [7, 11) is 0. The zero-order valence-electron chi connectivity index (χ0n) is 13.5. The van der Waals surface area contributed by atoms with E-state index in [1.165, 1.54) is 5.56 Å². The largest absolute Gasteiger partial charge is 0.484 e. The topological polar surface area (TPSA) is 64.7 Å². The summed E-state index contributed by atoms with van der Waals surface area (Å²) in [6.45, 7) is 4.30. The van der Waals surface area contributed by atoms with Crippen molar-refractivity contribution in [3.05, 3.63) is 59.7 Å². The van der Waals surface area contributed by atoms with Gasteiger partial charge in [0, 0.05) is 6.21 Å². The van der Waals surface area contributed by atoms with Crippen molar-refractivity contribution in [2.24, 2.45) is 10.7 Å². The minimum atomic E-state index is -0.489. The Kier molecular flexibility index (Phi) is 5.92. The molecule has 0 aliphatic carbocycles. The fourth-order valence-corrected chi connectivity index (χ4v) is 2.08. The second-order valence-electron chi connectivity index (χ2n) is 5.48. The number of primary amides is 1. The highest BCUT2D eigenvalue weighted by atomic mass is 16.5. The average Bonchev–Trinajstić information content (AvgIpc) is 2.58. The van der Waals surface area contributed by atoms with Crippen molar-refractivity contribution >= 4 is 17.8 Å². The lowest BCUT2D eigenvalue weighted by Crippen LogP contribution is -2.19. The molecule has 0 radical (unpaired) electrons. The number of hydrogen-bond donors (Lipinski definition) is 1. The molecule has 2 N–H and O–H groups in total. The van der Waals surface area contributed by atoms with E-state index >= 15 is 0 Å². The predicted molar refractivity (Wildman–Crippen MR) is 93.5 cm³/mol. The molecule has 23 heavy (non-hydrogen) atoms. The fourth-order valence-electron chi connectivity index (χ4n) is 2.08. The van der Waals surface area contributed by atoms with Crippen LogP contribution < -0.4 is 10.5 Å². The van der Waals surface area contributed by atoms with Gasteiger partial charge in [-0.2, -0.15) is 0 Å². The van der Waals surface area contributed by atoms with Crippen molar-refractivity contribution in [1.82, 2.24) is 0 Å². The molecule has 2 aromatic rings. The van der Waals surface area contributed by atoms with E-state index in [-0.39, 0.29) is 6.61 Å². The summed E-state index contributed by atoms with van der Waals surface area (Å²) in [5, 5.41) is 0. The molecule has 0 unspecified atom stereocenters. The summed E-state index contributed by atoms with van der Waals surface area (Å²) in [5.41, 5.74) is 8.25. The molecule has 0 saturated heterocycles. The highest BCUT2D eigenvalue weighted by Crippen LogP contribution is 2.21. The maximum atomic E-state index is 10.7. The van der Waals surface area contributed by atoms with Crippen molar-refractivity contribution in [3.63, 3.8) is 0 Å². The van der Waals surface area contributed by atoms with E-state index in [2.05, 4.69) is 31.0 Å². The van der Waals surface area contributed by atoms with Crippen molar-refractivity contribution < 1.29 is 9.53 Å². The lowest BCUT2D eigenvalue weighted by atomic mass is 9.99. The highest BCUT2D eigenvalue weighted by Gasteiger charge is 2.01. The van der Waals surface area contributed by atoms with Gasteiger partial charge in [-0.05, 0) is 59.9 Å². The van der Waals surface area contributed by atoms with Gasteiger partial charge in [0.25, 0.3) is 5.91 Å². The van der Waals surface area contributed by atoms with Crippen LogP contribution in [0.15, 0.2) is 53.5 Å². The third kappa shape index (κ3) is 5.25. The van der Waals surface area contributed by atoms with Crippen LogP contribution in [-0.4, -0.2) is 18.7 Å². The second-order valence-corrected chi connectivity index (χ2v) is 5.48. The van der Waals surface area contributed by atoms with E-state index in [1.807, 2.05) is 24.3 Å². The van der Waals surface area contributed by atoms with Gasteiger partial charge < -0.3 is 10.5 Å². The van der Waals surface area contributed by atoms with E-state index in [1.54, 1.807) is 18.3 Å². The van der Waals surface area contributed by atoms with Gasteiger partial charge in [-0.1, -0.05) is 26.0 Å². The van der Waals surface area contributed by atoms with Crippen LogP contribution in [0.25, 0.3) is 0 Å². The average molecular weight is 310 g/mol. The predicted octanol–water partition coefficient (Wildman–Crippen LogP) is 3.81. The molecular formula is C19H22N2O2. The Hall–Kier alpha value is -2.62. The van der Waals surface area contributed by atoms with Crippen molar-refractivity contribution in [3.8, 4) is 5.75 Å². The first-order valence-electron chi connectivity index (χ1n) is 7.73. The molecule has 2 rings (SSSR count). The zero-order valence-corrected chi connectivity index (χ0v) is 13.5. The Morgan fingerprint density at radius 2 is 1.83 bits per heavy atom. The van der Waals surface area contributed by atoms with Crippen molar-refractivity contribution in [1.29, 1.82) is 0 Å². The molecule has 0 aliphatic heterocycles. The number of nitrogens with two attached hydrogens (primary N) is 1. The van der Waals surface area contributed by atoms with Gasteiger partial charge in [-0.15, -0.1) is 0 Å². The fraction of sp³-hybridized carbons (Fsp3) is 0.263. The van der Waals surface area contributed by atoms with Gasteiger partial charge in [0.05, 0.1) is 5.69 Å². The Bertz CT molecular complexity index is 661. The number of hydrogen-bond acceptors (Lipinski definition) is 3. The van der Waals surface area contributed by atoms with Crippen LogP contribution in [0.3, 0.4) is 0 Å². The van der Waals surface area contributed by atoms with Crippen LogP contribution in [0.1, 0.15) is 37.3 Å². The van der Waals surface area contributed by atoms with Crippen LogP contribution in [0.2, 0.25) is 0 Å². The molecule has 0 saturated carbocycles. The van der Waals surface area contributed by atoms with E-state index < -0.39 is 5.91 Å². The first-order valence-corrected chi connectivity index (χ1v) is 7.73.